The number of para-hydroxylation sites is 4. The lowest BCUT2D eigenvalue weighted by atomic mass is 10.3. The summed E-state index contributed by atoms with van der Waals surface area (Å²) in [7, 11) is 0. The molecule has 2 aromatic carbocycles. The fraction of sp³-hybridized carbons (Fsp3) is 0. The van der Waals surface area contributed by atoms with Crippen LogP contribution in [0.1, 0.15) is 0 Å². The Morgan fingerprint density at radius 3 is 1.82 bits per heavy atom. The van der Waals surface area contributed by atoms with Gasteiger partial charge in [0.15, 0.2) is 0 Å². The fourth-order valence-electron chi connectivity index (χ4n) is 2.62. The summed E-state index contributed by atoms with van der Waals surface area (Å²) in [5, 5.41) is 0. The largest absolute Gasteiger partial charge is 0.298 e. The van der Waals surface area contributed by atoms with Crippen molar-refractivity contribution in [2.45, 2.75) is 0 Å². The van der Waals surface area contributed by atoms with E-state index >= 15 is 0 Å². The Balaban J connectivity index is 1.99. The first-order valence-electron chi connectivity index (χ1n) is 6.89. The molecule has 0 aliphatic carbocycles. The second-order valence-electron chi connectivity index (χ2n) is 4.87. The van der Waals surface area contributed by atoms with Crippen molar-refractivity contribution in [1.82, 2.24) is 19.1 Å². The monoisotopic (exact) mass is 288 g/mol. The van der Waals surface area contributed by atoms with E-state index < -0.39 is 0 Å². The first-order chi connectivity index (χ1) is 10.9. The number of hydrogen-bond donors (Lipinski definition) is 0. The van der Waals surface area contributed by atoms with Gasteiger partial charge >= 0.3 is 0 Å². The quantitative estimate of drug-likeness (QED) is 0.430. The summed E-state index contributed by atoms with van der Waals surface area (Å²) in [5.41, 5.74) is 3.63. The molecule has 0 N–H and O–H groups in total. The topological polar surface area (TPSA) is 52.7 Å². The molecule has 106 valence electrons. The third kappa shape index (κ3) is 1.83. The highest BCUT2D eigenvalue weighted by atomic mass is 16.1. The van der Waals surface area contributed by atoms with E-state index in [4.69, 9.17) is 0 Å². The van der Waals surface area contributed by atoms with Crippen molar-refractivity contribution in [2.24, 2.45) is 0 Å². The zero-order valence-corrected chi connectivity index (χ0v) is 11.6. The van der Waals surface area contributed by atoms with Crippen LogP contribution in [0.25, 0.3) is 22.1 Å². The Morgan fingerprint density at radius 2 is 1.32 bits per heavy atom. The van der Waals surface area contributed by atoms with Gasteiger partial charge in [-0.1, -0.05) is 24.3 Å². The summed E-state index contributed by atoms with van der Waals surface area (Å²) in [4.78, 5) is 19.9. The molecule has 5 heteroatoms. The number of carbonyl (C=O) groups is 1. The molecule has 22 heavy (non-hydrogen) atoms. The van der Waals surface area contributed by atoms with Gasteiger partial charge in [0.1, 0.15) is 24.8 Å². The minimum atomic E-state index is 0.692. The highest BCUT2D eigenvalue weighted by Gasteiger charge is 2.11. The zero-order chi connectivity index (χ0) is 14.9. The third-order valence-electron chi connectivity index (χ3n) is 3.62. The average molecular weight is 288 g/mol. The van der Waals surface area contributed by atoms with Crippen LogP contribution >= 0.6 is 0 Å². The van der Waals surface area contributed by atoms with Gasteiger partial charge in [-0.25, -0.2) is 9.97 Å². The molecule has 2 aromatic heterocycles. The molecular weight excluding hydrogens is 276 g/mol. The first kappa shape index (κ1) is 12.5. The highest BCUT2D eigenvalue weighted by Crippen LogP contribution is 2.19. The van der Waals surface area contributed by atoms with E-state index in [9.17, 15) is 4.79 Å². The number of aromatic nitrogens is 4. The van der Waals surface area contributed by atoms with Crippen LogP contribution in [0, 0.1) is 5.82 Å². The molecule has 0 aliphatic rings. The number of fused-ring (bicyclic) bond motifs is 2. The van der Waals surface area contributed by atoms with Gasteiger partial charge in [-0.15, -0.1) is 0 Å². The van der Waals surface area contributed by atoms with E-state index in [0.29, 0.717) is 5.82 Å². The van der Waals surface area contributed by atoms with Crippen molar-refractivity contribution in [1.29, 1.82) is 0 Å². The Bertz CT molecular complexity index is 934. The predicted octanol–water partition coefficient (Wildman–Crippen LogP) is 2.75. The number of nitrogens with zero attached hydrogens (tertiary/aromatic N) is 4. The summed E-state index contributed by atoms with van der Waals surface area (Å²) in [5.74, 6) is 0.692. The van der Waals surface area contributed by atoms with Crippen LogP contribution in [0.4, 0.5) is 0 Å². The maximum absolute atomic E-state index is 11.1. The van der Waals surface area contributed by atoms with Gasteiger partial charge in [-0.2, -0.15) is 0 Å². The van der Waals surface area contributed by atoms with E-state index in [1.807, 2.05) is 57.7 Å². The van der Waals surface area contributed by atoms with Crippen molar-refractivity contribution >= 4 is 28.4 Å². The average Bonchev–Trinajstić information content (AvgIpc) is 3.17. The summed E-state index contributed by atoms with van der Waals surface area (Å²) in [6.07, 6.45) is 5.73. The van der Waals surface area contributed by atoms with Crippen LogP contribution in [0.15, 0.2) is 67.3 Å². The van der Waals surface area contributed by atoms with Gasteiger partial charge in [0.05, 0.1) is 22.1 Å². The molecule has 0 aliphatic heterocycles. The van der Waals surface area contributed by atoms with Crippen LogP contribution in [0.3, 0.4) is 0 Å². The number of allylic oxidation sites excluding steroid dienone is 1. The van der Waals surface area contributed by atoms with Gasteiger partial charge in [-0.3, -0.25) is 13.9 Å². The summed E-state index contributed by atoms with van der Waals surface area (Å²) in [6, 6.07) is 15.6. The smallest absolute Gasteiger partial charge is 0.146 e. The highest BCUT2D eigenvalue weighted by molar-refractivity contribution is 5.79. The molecule has 0 amide bonds. The Morgan fingerprint density at radius 1 is 0.818 bits per heavy atom. The van der Waals surface area contributed by atoms with Crippen molar-refractivity contribution in [3.63, 3.8) is 0 Å². The zero-order valence-electron chi connectivity index (χ0n) is 11.6. The van der Waals surface area contributed by atoms with Crippen molar-refractivity contribution in [3.8, 4) is 0 Å². The summed E-state index contributed by atoms with van der Waals surface area (Å²) < 4.78 is 3.77. The lowest BCUT2D eigenvalue weighted by Gasteiger charge is -2.11. The van der Waals surface area contributed by atoms with Gasteiger partial charge in [0.2, 0.25) is 0 Å². The van der Waals surface area contributed by atoms with Crippen molar-refractivity contribution in [3.05, 3.63) is 73.1 Å². The van der Waals surface area contributed by atoms with Crippen LogP contribution < -0.4 is 0 Å². The molecule has 4 aromatic rings. The van der Waals surface area contributed by atoms with E-state index in [1.54, 1.807) is 12.7 Å². The Kier molecular flexibility index (Phi) is 2.83. The lowest BCUT2D eigenvalue weighted by molar-refractivity contribution is -0.104. The molecule has 0 saturated carbocycles. The molecule has 4 rings (SSSR count). The molecule has 0 radical (unpaired) electrons. The molecule has 0 fully saturated rings. The summed E-state index contributed by atoms with van der Waals surface area (Å²) >= 11 is 0. The fourth-order valence-corrected chi connectivity index (χ4v) is 2.62. The Labute approximate surface area is 126 Å². The van der Waals surface area contributed by atoms with E-state index in [0.717, 1.165) is 28.4 Å². The normalized spacial score (nSPS) is 10.9. The van der Waals surface area contributed by atoms with Crippen LogP contribution in [-0.4, -0.2) is 25.4 Å². The minimum absolute atomic E-state index is 0.692. The maximum atomic E-state index is 11.1. The van der Waals surface area contributed by atoms with Gasteiger partial charge in [0.25, 0.3) is 0 Å². The summed E-state index contributed by atoms with van der Waals surface area (Å²) in [6.45, 7) is 0. The molecule has 0 unspecified atom stereocenters. The third-order valence-corrected chi connectivity index (χ3v) is 3.62. The second-order valence-corrected chi connectivity index (χ2v) is 4.87. The minimum Gasteiger partial charge on any atom is -0.298 e. The van der Waals surface area contributed by atoms with Gasteiger partial charge in [0, 0.05) is 6.08 Å². The molecule has 0 atom stereocenters. The number of aldehydes is 1. The van der Waals surface area contributed by atoms with Crippen molar-refractivity contribution < 1.29 is 4.79 Å². The second kappa shape index (κ2) is 4.96. The van der Waals surface area contributed by atoms with E-state index in [-0.39, 0.29) is 0 Å². The first-order valence-corrected chi connectivity index (χ1v) is 6.89. The predicted molar refractivity (Wildman–Crippen MR) is 84.1 cm³/mol. The molecule has 2 heterocycles. The van der Waals surface area contributed by atoms with E-state index in [1.165, 1.54) is 6.08 Å². The molecular formula is C17H12N4O. The maximum Gasteiger partial charge on any atom is 0.146 e. The standard InChI is InChI=1S/C17H12N4O/c22-10-9-17(20-11-18-13-5-1-3-7-15(13)20)21-12-19-14-6-2-4-8-16(14)21/h1-12H. The molecule has 0 spiro atoms. The van der Waals surface area contributed by atoms with Gasteiger partial charge in [-0.05, 0) is 24.3 Å². The molecule has 0 bridgehead atoms. The number of benzene rings is 2. The van der Waals surface area contributed by atoms with E-state index in [2.05, 4.69) is 9.97 Å². The van der Waals surface area contributed by atoms with Gasteiger partial charge < -0.3 is 0 Å². The number of carbonyl (C=O) groups excluding carboxylic acids is 1. The van der Waals surface area contributed by atoms with Crippen molar-refractivity contribution in [2.75, 3.05) is 0 Å². The van der Waals surface area contributed by atoms with Crippen LogP contribution in [0.2, 0.25) is 0 Å². The SMILES string of the molecule is O=CC=C(n1cnc2ccccc21)n1cnc2ccccc21. The number of rotatable bonds is 3. The lowest BCUT2D eigenvalue weighted by Crippen LogP contribution is -2.10. The number of imidazole rings is 2. The Hall–Kier alpha value is -3.21. The van der Waals surface area contributed by atoms with Crippen LogP contribution in [-0.2, 0) is 4.79 Å². The van der Waals surface area contributed by atoms with Crippen LogP contribution in [0.5, 0.6) is 0 Å². The molecule has 0 saturated heterocycles. The molecule has 5 nitrogen and oxygen atoms in total. The number of hydrogen-bond acceptors (Lipinski definition) is 3.